The molecule has 0 aliphatic heterocycles. The zero-order valence-corrected chi connectivity index (χ0v) is 16.0. The molecular formula is C18H15ClN2O5S. The molecule has 0 aliphatic carbocycles. The molecule has 140 valence electrons. The van der Waals surface area contributed by atoms with Crippen LogP contribution in [0.15, 0.2) is 59.5 Å². The van der Waals surface area contributed by atoms with Gasteiger partial charge in [0.2, 0.25) is 5.75 Å². The third-order valence-corrected chi connectivity index (χ3v) is 4.90. The summed E-state index contributed by atoms with van der Waals surface area (Å²) in [6.45, 7) is 1.85. The third-order valence-electron chi connectivity index (χ3n) is 3.46. The normalized spacial score (nSPS) is 11.1. The standard InChI is InChI=1S/C18H15ClN2O5S/c1-12-6-8-15(9-7-12)27(22,23)26-16-11-17(19)20-21-18(16)25-14-5-3-4-13(10-14)24-2/h3-11H,1-2H3. The quantitative estimate of drug-likeness (QED) is 0.571. The molecule has 0 aliphatic rings. The van der Waals surface area contributed by atoms with Crippen molar-refractivity contribution in [1.82, 2.24) is 10.2 Å². The van der Waals surface area contributed by atoms with Gasteiger partial charge in [0.25, 0.3) is 5.88 Å². The van der Waals surface area contributed by atoms with E-state index in [1.54, 1.807) is 36.4 Å². The molecule has 3 rings (SSSR count). The highest BCUT2D eigenvalue weighted by Crippen LogP contribution is 2.33. The molecule has 0 fully saturated rings. The lowest BCUT2D eigenvalue weighted by molar-refractivity contribution is 0.398. The summed E-state index contributed by atoms with van der Waals surface area (Å²) in [5, 5.41) is 7.42. The smallest absolute Gasteiger partial charge is 0.339 e. The van der Waals surface area contributed by atoms with E-state index in [0.717, 1.165) is 5.56 Å². The van der Waals surface area contributed by atoms with E-state index in [9.17, 15) is 8.42 Å². The summed E-state index contributed by atoms with van der Waals surface area (Å²) in [7, 11) is -2.59. The first-order valence-electron chi connectivity index (χ1n) is 7.74. The number of benzene rings is 2. The number of methoxy groups -OCH3 is 1. The fourth-order valence-corrected chi connectivity index (χ4v) is 3.18. The number of nitrogens with zero attached hydrogens (tertiary/aromatic N) is 2. The summed E-state index contributed by atoms with van der Waals surface area (Å²) in [5.74, 6) is 0.592. The highest BCUT2D eigenvalue weighted by Gasteiger charge is 2.21. The Bertz CT molecular complexity index is 1060. The molecule has 0 atom stereocenters. The molecule has 2 aromatic carbocycles. The number of hydrogen-bond acceptors (Lipinski definition) is 7. The predicted octanol–water partition coefficient (Wildman–Crippen LogP) is 4.01. The highest BCUT2D eigenvalue weighted by atomic mass is 35.5. The SMILES string of the molecule is COc1cccc(Oc2nnc(Cl)cc2OS(=O)(=O)c2ccc(C)cc2)c1. The van der Waals surface area contributed by atoms with Crippen LogP contribution in [-0.4, -0.2) is 25.7 Å². The van der Waals surface area contributed by atoms with Gasteiger partial charge in [-0.2, -0.15) is 8.42 Å². The van der Waals surface area contributed by atoms with Crippen LogP contribution in [0, 0.1) is 6.92 Å². The van der Waals surface area contributed by atoms with Crippen molar-refractivity contribution >= 4 is 21.7 Å². The Balaban J connectivity index is 1.93. The lowest BCUT2D eigenvalue weighted by Crippen LogP contribution is -2.11. The lowest BCUT2D eigenvalue weighted by Gasteiger charge is -2.12. The van der Waals surface area contributed by atoms with Crippen molar-refractivity contribution in [3.05, 3.63) is 65.3 Å². The van der Waals surface area contributed by atoms with Gasteiger partial charge in [0.15, 0.2) is 5.15 Å². The van der Waals surface area contributed by atoms with E-state index in [4.69, 9.17) is 25.3 Å². The number of aromatic nitrogens is 2. The molecule has 1 heterocycles. The van der Waals surface area contributed by atoms with Gasteiger partial charge in [0.1, 0.15) is 16.4 Å². The van der Waals surface area contributed by atoms with E-state index in [0.29, 0.717) is 11.5 Å². The molecule has 3 aromatic rings. The molecule has 0 bridgehead atoms. The Kier molecular flexibility index (Phi) is 5.48. The number of aryl methyl sites for hydroxylation is 1. The molecule has 0 saturated heterocycles. The highest BCUT2D eigenvalue weighted by molar-refractivity contribution is 7.87. The van der Waals surface area contributed by atoms with Crippen LogP contribution in [0.4, 0.5) is 0 Å². The van der Waals surface area contributed by atoms with E-state index in [1.165, 1.54) is 25.3 Å². The molecule has 1 aromatic heterocycles. The van der Waals surface area contributed by atoms with E-state index in [2.05, 4.69) is 10.2 Å². The Hall–Kier alpha value is -2.84. The van der Waals surface area contributed by atoms with Crippen molar-refractivity contribution in [2.75, 3.05) is 7.11 Å². The molecule has 0 saturated carbocycles. The Labute approximate surface area is 161 Å². The molecule has 0 radical (unpaired) electrons. The fraction of sp³-hybridized carbons (Fsp3) is 0.111. The Morgan fingerprint density at radius 1 is 0.963 bits per heavy atom. The second-order valence-corrected chi connectivity index (χ2v) is 7.40. The summed E-state index contributed by atoms with van der Waals surface area (Å²) >= 11 is 5.84. The van der Waals surface area contributed by atoms with Gasteiger partial charge in [-0.15, -0.1) is 10.2 Å². The first-order chi connectivity index (χ1) is 12.9. The minimum Gasteiger partial charge on any atom is -0.497 e. The minimum atomic E-state index is -4.11. The van der Waals surface area contributed by atoms with Gasteiger partial charge in [0, 0.05) is 12.1 Å². The maximum absolute atomic E-state index is 12.5. The van der Waals surface area contributed by atoms with Gasteiger partial charge >= 0.3 is 10.1 Å². The number of rotatable bonds is 6. The molecule has 0 spiro atoms. The van der Waals surface area contributed by atoms with Crippen LogP contribution in [0.25, 0.3) is 0 Å². The first-order valence-corrected chi connectivity index (χ1v) is 9.52. The molecule has 0 amide bonds. The van der Waals surface area contributed by atoms with Gasteiger partial charge in [0.05, 0.1) is 7.11 Å². The fourth-order valence-electron chi connectivity index (χ4n) is 2.12. The van der Waals surface area contributed by atoms with Crippen LogP contribution in [0.2, 0.25) is 5.15 Å². The van der Waals surface area contributed by atoms with Crippen LogP contribution in [0.3, 0.4) is 0 Å². The van der Waals surface area contributed by atoms with E-state index in [-0.39, 0.29) is 21.7 Å². The maximum atomic E-state index is 12.5. The van der Waals surface area contributed by atoms with E-state index < -0.39 is 10.1 Å². The molecular weight excluding hydrogens is 392 g/mol. The summed E-state index contributed by atoms with van der Waals surface area (Å²) in [5.41, 5.74) is 0.921. The molecule has 7 nitrogen and oxygen atoms in total. The van der Waals surface area contributed by atoms with Gasteiger partial charge in [-0.25, -0.2) is 0 Å². The summed E-state index contributed by atoms with van der Waals surface area (Å²) in [6.07, 6.45) is 0. The third kappa shape index (κ3) is 4.66. The average molecular weight is 407 g/mol. The van der Waals surface area contributed by atoms with Gasteiger partial charge < -0.3 is 13.7 Å². The predicted molar refractivity (Wildman–Crippen MR) is 99.1 cm³/mol. The Morgan fingerprint density at radius 3 is 2.37 bits per heavy atom. The molecule has 0 unspecified atom stereocenters. The van der Waals surface area contributed by atoms with Crippen LogP contribution < -0.4 is 13.7 Å². The van der Waals surface area contributed by atoms with Crippen LogP contribution >= 0.6 is 11.6 Å². The monoisotopic (exact) mass is 406 g/mol. The van der Waals surface area contributed by atoms with Crippen LogP contribution in [0.1, 0.15) is 5.56 Å². The van der Waals surface area contributed by atoms with Gasteiger partial charge in [-0.05, 0) is 31.2 Å². The minimum absolute atomic E-state index is 0.00614. The second kappa shape index (κ2) is 7.81. The van der Waals surface area contributed by atoms with E-state index >= 15 is 0 Å². The zero-order chi connectivity index (χ0) is 19.4. The van der Waals surface area contributed by atoms with Gasteiger partial charge in [-0.1, -0.05) is 35.4 Å². The molecule has 0 N–H and O–H groups in total. The van der Waals surface area contributed by atoms with Crippen molar-refractivity contribution in [2.24, 2.45) is 0 Å². The van der Waals surface area contributed by atoms with Crippen molar-refractivity contribution in [3.63, 3.8) is 0 Å². The summed E-state index contributed by atoms with van der Waals surface area (Å²) in [6, 6.07) is 14.2. The number of hydrogen-bond donors (Lipinski definition) is 0. The van der Waals surface area contributed by atoms with Crippen molar-refractivity contribution < 1.29 is 22.1 Å². The van der Waals surface area contributed by atoms with Crippen LogP contribution in [0.5, 0.6) is 23.1 Å². The summed E-state index contributed by atoms with van der Waals surface area (Å²) < 4.78 is 41.0. The average Bonchev–Trinajstić information content (AvgIpc) is 2.64. The lowest BCUT2D eigenvalue weighted by atomic mass is 10.2. The topological polar surface area (TPSA) is 87.6 Å². The second-order valence-electron chi connectivity index (χ2n) is 5.47. The number of ether oxygens (including phenoxy) is 2. The first kappa shape index (κ1) is 18.9. The van der Waals surface area contributed by atoms with Crippen molar-refractivity contribution in [3.8, 4) is 23.1 Å². The Morgan fingerprint density at radius 2 is 1.67 bits per heavy atom. The molecule has 27 heavy (non-hydrogen) atoms. The van der Waals surface area contributed by atoms with Crippen molar-refractivity contribution in [1.29, 1.82) is 0 Å². The zero-order valence-electron chi connectivity index (χ0n) is 14.4. The molecule has 9 heteroatoms. The summed E-state index contributed by atoms with van der Waals surface area (Å²) in [4.78, 5) is -0.00614. The van der Waals surface area contributed by atoms with Gasteiger partial charge in [-0.3, -0.25) is 0 Å². The number of halogens is 1. The van der Waals surface area contributed by atoms with Crippen molar-refractivity contribution in [2.45, 2.75) is 11.8 Å². The van der Waals surface area contributed by atoms with Crippen LogP contribution in [-0.2, 0) is 10.1 Å². The maximum Gasteiger partial charge on any atom is 0.339 e. The largest absolute Gasteiger partial charge is 0.497 e. The van der Waals surface area contributed by atoms with E-state index in [1.807, 2.05) is 6.92 Å².